The summed E-state index contributed by atoms with van der Waals surface area (Å²) in [6.45, 7) is 4.12. The molecule has 1 amide bonds. The molecular weight excluding hydrogens is 378 g/mol. The third kappa shape index (κ3) is 3.88. The van der Waals surface area contributed by atoms with E-state index in [9.17, 15) is 4.79 Å². The van der Waals surface area contributed by atoms with Gasteiger partial charge in [0.05, 0.1) is 5.56 Å². The van der Waals surface area contributed by atoms with Gasteiger partial charge in [0.15, 0.2) is 5.58 Å². The predicted molar refractivity (Wildman–Crippen MR) is 118 cm³/mol. The Labute approximate surface area is 174 Å². The van der Waals surface area contributed by atoms with Crippen LogP contribution < -0.4 is 16.8 Å². The number of fused-ring (bicyclic) bond motifs is 1. The van der Waals surface area contributed by atoms with Crippen LogP contribution in [0.4, 0.5) is 5.82 Å². The quantitative estimate of drug-likeness (QED) is 0.470. The number of hydrogen-bond acceptors (Lipinski definition) is 6. The zero-order valence-electron chi connectivity index (χ0n) is 16.8. The Morgan fingerprint density at radius 2 is 1.83 bits per heavy atom. The monoisotopic (exact) mass is 401 g/mol. The number of benzene rings is 2. The van der Waals surface area contributed by atoms with E-state index in [0.29, 0.717) is 35.0 Å². The van der Waals surface area contributed by atoms with E-state index in [1.54, 1.807) is 18.3 Å². The largest absolute Gasteiger partial charge is 0.436 e. The minimum atomic E-state index is -0.467. The van der Waals surface area contributed by atoms with Gasteiger partial charge in [0.1, 0.15) is 11.3 Å². The lowest BCUT2D eigenvalue weighted by Gasteiger charge is -2.24. The first-order valence-corrected chi connectivity index (χ1v) is 9.61. The number of aromatic nitrogens is 2. The molecule has 152 valence electrons. The Hall–Kier alpha value is -3.71. The Morgan fingerprint density at radius 3 is 2.53 bits per heavy atom. The number of hydrogen-bond donors (Lipinski definition) is 3. The number of nitrogen functional groups attached to an aromatic ring is 1. The molecular formula is C23H23N5O2. The van der Waals surface area contributed by atoms with Crippen LogP contribution in [-0.4, -0.2) is 28.0 Å². The molecule has 0 aliphatic rings. The summed E-state index contributed by atoms with van der Waals surface area (Å²) >= 11 is 0. The highest BCUT2D eigenvalue weighted by atomic mass is 16.3. The number of carbonyl (C=O) groups excluding carboxylic acids is 1. The van der Waals surface area contributed by atoms with Gasteiger partial charge in [-0.3, -0.25) is 4.79 Å². The van der Waals surface area contributed by atoms with Gasteiger partial charge in [0.2, 0.25) is 5.89 Å². The van der Waals surface area contributed by atoms with Crippen LogP contribution in [0.3, 0.4) is 0 Å². The second-order valence-electron chi connectivity index (χ2n) is 7.76. The van der Waals surface area contributed by atoms with Crippen molar-refractivity contribution in [3.8, 4) is 22.6 Å². The molecule has 0 aliphatic heterocycles. The average Bonchev–Trinajstić information content (AvgIpc) is 3.18. The molecule has 5 N–H and O–H groups in total. The topological polar surface area (TPSA) is 120 Å². The first-order chi connectivity index (χ1) is 14.4. The highest BCUT2D eigenvalue weighted by Gasteiger charge is 2.19. The Kier molecular flexibility index (Phi) is 4.97. The van der Waals surface area contributed by atoms with Gasteiger partial charge in [-0.2, -0.15) is 0 Å². The van der Waals surface area contributed by atoms with E-state index >= 15 is 0 Å². The third-order valence-electron chi connectivity index (χ3n) is 4.89. The first-order valence-electron chi connectivity index (χ1n) is 9.61. The lowest BCUT2D eigenvalue weighted by Crippen LogP contribution is -2.48. The van der Waals surface area contributed by atoms with Crippen molar-refractivity contribution < 1.29 is 9.21 Å². The molecule has 2 aromatic heterocycles. The highest BCUT2D eigenvalue weighted by Crippen LogP contribution is 2.31. The van der Waals surface area contributed by atoms with E-state index in [2.05, 4.69) is 15.3 Å². The zero-order chi connectivity index (χ0) is 21.3. The normalized spacial score (nSPS) is 11.6. The second kappa shape index (κ2) is 7.61. The Morgan fingerprint density at radius 1 is 1.10 bits per heavy atom. The number of anilines is 1. The van der Waals surface area contributed by atoms with Crippen molar-refractivity contribution in [1.29, 1.82) is 0 Å². The highest BCUT2D eigenvalue weighted by molar-refractivity contribution is 5.95. The fraction of sp³-hybridized carbons (Fsp3) is 0.174. The van der Waals surface area contributed by atoms with E-state index in [1.165, 1.54) is 0 Å². The van der Waals surface area contributed by atoms with Crippen molar-refractivity contribution in [1.82, 2.24) is 15.3 Å². The van der Waals surface area contributed by atoms with E-state index in [0.717, 1.165) is 16.6 Å². The first kappa shape index (κ1) is 19.6. The maximum absolute atomic E-state index is 12.4. The van der Waals surface area contributed by atoms with Gasteiger partial charge in [0, 0.05) is 29.4 Å². The van der Waals surface area contributed by atoms with Crippen molar-refractivity contribution in [2.24, 2.45) is 5.73 Å². The number of nitrogens with one attached hydrogen (secondary N) is 1. The molecule has 0 radical (unpaired) electrons. The SMILES string of the molecule is CC(C)(CN)NC(=O)c1ccc(-c2cnc(N)c(-c3nc4ccccc4o3)c2)cc1. The molecule has 0 saturated carbocycles. The number of nitrogens with zero attached hydrogens (tertiary/aromatic N) is 2. The Balaban J connectivity index is 1.63. The summed E-state index contributed by atoms with van der Waals surface area (Å²) in [7, 11) is 0. The maximum atomic E-state index is 12.4. The number of carbonyl (C=O) groups is 1. The van der Waals surface area contributed by atoms with Crippen molar-refractivity contribution >= 4 is 22.8 Å². The second-order valence-corrected chi connectivity index (χ2v) is 7.76. The maximum Gasteiger partial charge on any atom is 0.251 e. The number of nitrogens with two attached hydrogens (primary N) is 2. The average molecular weight is 401 g/mol. The number of oxazole rings is 1. The van der Waals surface area contributed by atoms with Crippen molar-refractivity contribution in [3.05, 3.63) is 66.4 Å². The molecule has 4 rings (SSSR count). The third-order valence-corrected chi connectivity index (χ3v) is 4.89. The fourth-order valence-electron chi connectivity index (χ4n) is 3.04. The molecule has 2 aromatic carbocycles. The summed E-state index contributed by atoms with van der Waals surface area (Å²) in [5.41, 5.74) is 15.7. The van der Waals surface area contributed by atoms with Crippen LogP contribution in [0.1, 0.15) is 24.2 Å². The van der Waals surface area contributed by atoms with Crippen LogP contribution >= 0.6 is 0 Å². The van der Waals surface area contributed by atoms with E-state index < -0.39 is 5.54 Å². The minimum Gasteiger partial charge on any atom is -0.436 e. The van der Waals surface area contributed by atoms with E-state index in [1.807, 2.05) is 56.3 Å². The Bertz CT molecular complexity index is 1180. The van der Waals surface area contributed by atoms with Crippen molar-refractivity contribution in [2.75, 3.05) is 12.3 Å². The van der Waals surface area contributed by atoms with Gasteiger partial charge in [-0.15, -0.1) is 0 Å². The number of amides is 1. The summed E-state index contributed by atoms with van der Waals surface area (Å²) in [5, 5.41) is 2.92. The summed E-state index contributed by atoms with van der Waals surface area (Å²) in [6.07, 6.45) is 1.69. The van der Waals surface area contributed by atoms with Crippen LogP contribution in [0, 0.1) is 0 Å². The fourth-order valence-corrected chi connectivity index (χ4v) is 3.04. The van der Waals surface area contributed by atoms with Gasteiger partial charge in [-0.25, -0.2) is 9.97 Å². The van der Waals surface area contributed by atoms with Crippen molar-refractivity contribution in [3.63, 3.8) is 0 Å². The van der Waals surface area contributed by atoms with E-state index in [-0.39, 0.29) is 5.91 Å². The molecule has 0 fully saturated rings. The van der Waals surface area contributed by atoms with Crippen LogP contribution in [0.25, 0.3) is 33.7 Å². The van der Waals surface area contributed by atoms with Crippen LogP contribution in [0.15, 0.2) is 65.2 Å². The molecule has 0 aliphatic carbocycles. The number of rotatable bonds is 5. The van der Waals surface area contributed by atoms with E-state index in [4.69, 9.17) is 15.9 Å². The van der Waals surface area contributed by atoms with Crippen LogP contribution in [-0.2, 0) is 0 Å². The van der Waals surface area contributed by atoms with Crippen LogP contribution in [0.2, 0.25) is 0 Å². The smallest absolute Gasteiger partial charge is 0.251 e. The molecule has 30 heavy (non-hydrogen) atoms. The summed E-state index contributed by atoms with van der Waals surface area (Å²) in [4.78, 5) is 21.2. The molecule has 0 saturated heterocycles. The molecule has 7 heteroatoms. The molecule has 0 spiro atoms. The number of para-hydroxylation sites is 2. The lowest BCUT2D eigenvalue weighted by atomic mass is 10.0. The standard InChI is InChI=1S/C23H23N5O2/c1-23(2,13-24)28-21(29)15-9-7-14(8-10-15)16-11-17(20(25)26-12-16)22-27-18-5-3-4-6-19(18)30-22/h3-12H,13,24H2,1-2H3,(H2,25,26)(H,28,29). The van der Waals surface area contributed by atoms with Gasteiger partial charge in [-0.1, -0.05) is 24.3 Å². The minimum absolute atomic E-state index is 0.167. The van der Waals surface area contributed by atoms with Crippen molar-refractivity contribution in [2.45, 2.75) is 19.4 Å². The van der Waals surface area contributed by atoms with Gasteiger partial charge < -0.3 is 21.2 Å². The number of pyridine rings is 1. The molecule has 0 atom stereocenters. The molecule has 0 unspecified atom stereocenters. The predicted octanol–water partition coefficient (Wildman–Crippen LogP) is 3.61. The molecule has 0 bridgehead atoms. The summed E-state index contributed by atoms with van der Waals surface area (Å²) < 4.78 is 5.84. The molecule has 4 aromatic rings. The lowest BCUT2D eigenvalue weighted by molar-refractivity contribution is 0.0915. The zero-order valence-corrected chi connectivity index (χ0v) is 16.8. The summed E-state index contributed by atoms with van der Waals surface area (Å²) in [5.74, 6) is 0.591. The molecule has 7 nitrogen and oxygen atoms in total. The summed E-state index contributed by atoms with van der Waals surface area (Å²) in [6, 6.07) is 16.7. The molecule has 2 heterocycles. The van der Waals surface area contributed by atoms with Gasteiger partial charge >= 0.3 is 0 Å². The van der Waals surface area contributed by atoms with Gasteiger partial charge in [0.25, 0.3) is 5.91 Å². The van der Waals surface area contributed by atoms with Gasteiger partial charge in [-0.05, 0) is 49.7 Å². The van der Waals surface area contributed by atoms with Crippen LogP contribution in [0.5, 0.6) is 0 Å².